The summed E-state index contributed by atoms with van der Waals surface area (Å²) in [5, 5.41) is 3.71. The fraction of sp³-hybridized carbons (Fsp3) is 0.529. The van der Waals surface area contributed by atoms with Gasteiger partial charge < -0.3 is 5.32 Å². The summed E-state index contributed by atoms with van der Waals surface area (Å²) in [6.45, 7) is 5.25. The molecule has 124 valence electrons. The van der Waals surface area contributed by atoms with E-state index in [9.17, 15) is 4.39 Å². The van der Waals surface area contributed by atoms with Gasteiger partial charge in [0.25, 0.3) is 0 Å². The molecule has 2 N–H and O–H groups in total. The standard InChI is InChI=1S/C17H23FN4S/c1-3-14(10-21-23-4-2)22-15-6-11(5-13-9-20-17(13)15)12-7-16(18)19-8-12/h5,7-9,14-16,21-22H,3-4,6,10H2,1-2H3. The van der Waals surface area contributed by atoms with Crippen molar-refractivity contribution in [2.75, 3.05) is 12.3 Å². The van der Waals surface area contributed by atoms with E-state index >= 15 is 0 Å². The van der Waals surface area contributed by atoms with Gasteiger partial charge in [-0.05, 0) is 36.1 Å². The second kappa shape index (κ2) is 7.55. The van der Waals surface area contributed by atoms with E-state index in [4.69, 9.17) is 0 Å². The van der Waals surface area contributed by atoms with Crippen LogP contribution in [0.5, 0.6) is 0 Å². The van der Waals surface area contributed by atoms with E-state index in [0.717, 1.165) is 47.6 Å². The van der Waals surface area contributed by atoms with E-state index in [0.29, 0.717) is 6.04 Å². The minimum atomic E-state index is -1.19. The van der Waals surface area contributed by atoms with Gasteiger partial charge in [-0.25, -0.2) is 4.39 Å². The highest BCUT2D eigenvalue weighted by molar-refractivity contribution is 7.97. The van der Waals surface area contributed by atoms with Gasteiger partial charge in [0.15, 0.2) is 0 Å². The Hall–Kier alpha value is -1.24. The molecule has 0 spiro atoms. The largest absolute Gasteiger partial charge is 0.304 e. The van der Waals surface area contributed by atoms with E-state index < -0.39 is 6.30 Å². The lowest BCUT2D eigenvalue weighted by molar-refractivity contribution is 0.420. The minimum Gasteiger partial charge on any atom is -0.304 e. The van der Waals surface area contributed by atoms with Crippen molar-refractivity contribution in [3.05, 3.63) is 35.1 Å². The molecule has 0 aromatic heterocycles. The lowest BCUT2D eigenvalue weighted by Gasteiger charge is -2.33. The van der Waals surface area contributed by atoms with Crippen LogP contribution in [0.2, 0.25) is 0 Å². The summed E-state index contributed by atoms with van der Waals surface area (Å²) < 4.78 is 16.7. The quantitative estimate of drug-likeness (QED) is 0.408. The van der Waals surface area contributed by atoms with Crippen LogP contribution in [0.25, 0.3) is 0 Å². The highest BCUT2D eigenvalue weighted by Gasteiger charge is 2.31. The first-order valence-corrected chi connectivity index (χ1v) is 9.18. The molecule has 0 saturated carbocycles. The van der Waals surface area contributed by atoms with Crippen LogP contribution >= 0.6 is 11.9 Å². The predicted octanol–water partition coefficient (Wildman–Crippen LogP) is 2.96. The van der Waals surface area contributed by atoms with E-state index in [1.54, 1.807) is 24.2 Å². The number of fused-ring (bicyclic) bond motifs is 1. The molecule has 3 aliphatic rings. The number of halogens is 1. The Balaban J connectivity index is 1.65. The highest BCUT2D eigenvalue weighted by Crippen LogP contribution is 2.31. The number of allylic oxidation sites excluding steroid dienone is 2. The van der Waals surface area contributed by atoms with Crippen molar-refractivity contribution in [2.45, 2.75) is 45.1 Å². The maximum absolute atomic E-state index is 13.3. The zero-order chi connectivity index (χ0) is 16.2. The third-order valence-corrected chi connectivity index (χ3v) is 4.93. The average Bonchev–Trinajstić information content (AvgIpc) is 2.94. The van der Waals surface area contributed by atoms with Gasteiger partial charge in [0.1, 0.15) is 0 Å². The Labute approximate surface area is 141 Å². The average molecular weight is 334 g/mol. The molecule has 3 atom stereocenters. The number of nitrogens with one attached hydrogen (secondary N) is 2. The molecular weight excluding hydrogens is 311 g/mol. The summed E-state index contributed by atoms with van der Waals surface area (Å²) in [7, 11) is 0. The molecule has 3 rings (SSSR count). The van der Waals surface area contributed by atoms with E-state index in [1.165, 1.54) is 0 Å². The van der Waals surface area contributed by atoms with E-state index in [-0.39, 0.29) is 6.04 Å². The molecule has 6 heteroatoms. The summed E-state index contributed by atoms with van der Waals surface area (Å²) in [6, 6.07) is 0.587. The van der Waals surface area contributed by atoms with Crippen LogP contribution in [0.3, 0.4) is 0 Å². The zero-order valence-electron chi connectivity index (χ0n) is 13.6. The van der Waals surface area contributed by atoms with Crippen LogP contribution in [-0.4, -0.2) is 42.6 Å². The normalized spacial score (nSPS) is 26.7. The topological polar surface area (TPSA) is 48.8 Å². The summed E-state index contributed by atoms with van der Waals surface area (Å²) in [6.07, 6.45) is 7.92. The molecule has 0 radical (unpaired) electrons. The molecule has 0 aromatic carbocycles. The number of hydrogen-bond donors (Lipinski definition) is 2. The van der Waals surface area contributed by atoms with Gasteiger partial charge in [-0.15, -0.1) is 0 Å². The van der Waals surface area contributed by atoms with Crippen molar-refractivity contribution >= 4 is 23.9 Å². The maximum Gasteiger partial charge on any atom is 0.209 e. The lowest BCUT2D eigenvalue weighted by Crippen LogP contribution is -2.49. The Morgan fingerprint density at radius 3 is 2.87 bits per heavy atom. The molecular formula is C17H23FN4S. The Morgan fingerprint density at radius 2 is 2.26 bits per heavy atom. The first kappa shape index (κ1) is 16.6. The molecule has 4 nitrogen and oxygen atoms in total. The third kappa shape index (κ3) is 3.82. The maximum atomic E-state index is 13.3. The van der Waals surface area contributed by atoms with Gasteiger partial charge in [-0.3, -0.25) is 14.7 Å². The van der Waals surface area contributed by atoms with Crippen molar-refractivity contribution in [2.24, 2.45) is 9.98 Å². The molecule has 0 aromatic rings. The van der Waals surface area contributed by atoms with Crippen LogP contribution < -0.4 is 10.0 Å². The molecule has 0 bridgehead atoms. The number of aliphatic imine (C=N–C) groups is 2. The Kier molecular flexibility index (Phi) is 5.46. The molecule has 1 aliphatic carbocycles. The van der Waals surface area contributed by atoms with Crippen molar-refractivity contribution in [1.29, 1.82) is 0 Å². The smallest absolute Gasteiger partial charge is 0.209 e. The molecule has 0 amide bonds. The van der Waals surface area contributed by atoms with Crippen LogP contribution in [0.15, 0.2) is 45.1 Å². The van der Waals surface area contributed by atoms with Crippen LogP contribution in [0.1, 0.15) is 26.7 Å². The number of rotatable bonds is 8. The Bertz CT molecular complexity index is 606. The fourth-order valence-corrected chi connectivity index (χ4v) is 3.48. The monoisotopic (exact) mass is 334 g/mol. The summed E-state index contributed by atoms with van der Waals surface area (Å²) in [5.74, 6) is 1.06. The van der Waals surface area contributed by atoms with Gasteiger partial charge in [0.05, 0.1) is 11.8 Å². The van der Waals surface area contributed by atoms with Crippen LogP contribution in [0.4, 0.5) is 4.39 Å². The van der Waals surface area contributed by atoms with Gasteiger partial charge in [-0.1, -0.05) is 25.8 Å². The van der Waals surface area contributed by atoms with Crippen molar-refractivity contribution in [3.63, 3.8) is 0 Å². The van der Waals surface area contributed by atoms with Gasteiger partial charge in [0.2, 0.25) is 6.30 Å². The fourth-order valence-electron chi connectivity index (χ4n) is 2.96. The van der Waals surface area contributed by atoms with Crippen molar-refractivity contribution in [1.82, 2.24) is 10.0 Å². The second-order valence-corrected chi connectivity index (χ2v) is 7.01. The zero-order valence-corrected chi connectivity index (χ0v) is 14.4. The van der Waals surface area contributed by atoms with Gasteiger partial charge >= 0.3 is 0 Å². The van der Waals surface area contributed by atoms with Crippen LogP contribution in [-0.2, 0) is 0 Å². The number of alkyl halides is 1. The molecule has 0 saturated heterocycles. The lowest BCUT2D eigenvalue weighted by atomic mass is 9.83. The molecule has 3 unspecified atom stereocenters. The van der Waals surface area contributed by atoms with Crippen molar-refractivity contribution < 1.29 is 4.39 Å². The van der Waals surface area contributed by atoms with E-state index in [1.807, 2.05) is 6.20 Å². The molecule has 23 heavy (non-hydrogen) atoms. The van der Waals surface area contributed by atoms with E-state index in [2.05, 4.69) is 39.9 Å². The first-order chi connectivity index (χ1) is 11.2. The second-order valence-electron chi connectivity index (χ2n) is 5.85. The van der Waals surface area contributed by atoms with Crippen LogP contribution in [0, 0.1) is 0 Å². The third-order valence-electron chi connectivity index (χ3n) is 4.27. The number of nitrogens with zero attached hydrogens (tertiary/aromatic N) is 2. The van der Waals surface area contributed by atoms with Gasteiger partial charge in [-0.2, -0.15) is 0 Å². The SMILES string of the molecule is CCSNCC(CC)NC1CC(C2=CC(F)N=C2)=CC2=CN=C21. The summed E-state index contributed by atoms with van der Waals surface area (Å²) in [4.78, 5) is 8.23. The number of hydrogen-bond acceptors (Lipinski definition) is 5. The summed E-state index contributed by atoms with van der Waals surface area (Å²) >= 11 is 1.74. The summed E-state index contributed by atoms with van der Waals surface area (Å²) in [5.41, 5.74) is 4.33. The first-order valence-electron chi connectivity index (χ1n) is 8.20. The Morgan fingerprint density at radius 1 is 1.39 bits per heavy atom. The van der Waals surface area contributed by atoms with Crippen molar-refractivity contribution in [3.8, 4) is 0 Å². The van der Waals surface area contributed by atoms with Gasteiger partial charge in [0, 0.05) is 36.3 Å². The predicted molar refractivity (Wildman–Crippen MR) is 96.8 cm³/mol. The molecule has 2 aliphatic heterocycles. The minimum absolute atomic E-state index is 0.196. The molecule has 2 heterocycles. The highest BCUT2D eigenvalue weighted by atomic mass is 32.2. The molecule has 0 fully saturated rings.